The summed E-state index contributed by atoms with van der Waals surface area (Å²) in [4.78, 5) is 24.6. The molecule has 0 aliphatic heterocycles. The number of ether oxygens (including phenoxy) is 1. The Kier molecular flexibility index (Phi) is 9.72. The monoisotopic (exact) mass is 482 g/mol. The molecule has 0 aliphatic rings. The number of halogens is 1. The van der Waals surface area contributed by atoms with E-state index in [1.807, 2.05) is 0 Å². The minimum absolute atomic E-state index is 0.0960. The summed E-state index contributed by atoms with van der Waals surface area (Å²) in [6.07, 6.45) is 0.271. The molecule has 3 N–H and O–H groups in total. The van der Waals surface area contributed by atoms with Crippen LogP contribution >= 0.6 is 19.2 Å². The van der Waals surface area contributed by atoms with Gasteiger partial charge in [-0.3, -0.25) is 14.2 Å². The number of hydrogen-bond acceptors (Lipinski definition) is 6. The van der Waals surface area contributed by atoms with Gasteiger partial charge in [-0.1, -0.05) is 29.8 Å². The van der Waals surface area contributed by atoms with Crippen molar-refractivity contribution in [3.8, 4) is 5.75 Å². The maximum Gasteiger partial charge on any atom is 0.335 e. The van der Waals surface area contributed by atoms with Crippen molar-refractivity contribution in [3.63, 3.8) is 0 Å². The molecule has 2 aromatic carbocycles. The Morgan fingerprint density at radius 2 is 1.66 bits per heavy atom. The van der Waals surface area contributed by atoms with Gasteiger partial charge in [0.2, 0.25) is 5.91 Å². The molecule has 0 saturated heterocycles. The molecule has 0 bridgehead atoms. The first-order valence-electron chi connectivity index (χ1n) is 10.1. The van der Waals surface area contributed by atoms with Gasteiger partial charge in [0.15, 0.2) is 0 Å². The number of hydrogen-bond donors (Lipinski definition) is 2. The average Bonchev–Trinajstić information content (AvgIpc) is 2.74. The highest BCUT2D eigenvalue weighted by atomic mass is 35.5. The van der Waals surface area contributed by atoms with Gasteiger partial charge < -0.3 is 24.8 Å². The molecular formula is C22H28ClN2O6P. The van der Waals surface area contributed by atoms with Crippen LogP contribution in [0.5, 0.6) is 5.75 Å². The van der Waals surface area contributed by atoms with Crippen LogP contribution in [0.25, 0.3) is 0 Å². The highest BCUT2D eigenvalue weighted by Crippen LogP contribution is 2.51. The van der Waals surface area contributed by atoms with Crippen LogP contribution in [0.1, 0.15) is 35.3 Å². The number of nitrogens with one attached hydrogen (secondary N) is 1. The van der Waals surface area contributed by atoms with Gasteiger partial charge in [0.25, 0.3) is 5.91 Å². The lowest BCUT2D eigenvalue weighted by atomic mass is 10.0. The van der Waals surface area contributed by atoms with Crippen LogP contribution in [-0.4, -0.2) is 38.2 Å². The molecule has 2 amide bonds. The third-order valence-corrected chi connectivity index (χ3v) is 6.90. The molecule has 0 unspecified atom stereocenters. The Morgan fingerprint density at radius 1 is 1.06 bits per heavy atom. The molecule has 10 heteroatoms. The zero-order valence-corrected chi connectivity index (χ0v) is 19.9. The minimum Gasteiger partial charge on any atom is -0.495 e. The zero-order valence-electron chi connectivity index (χ0n) is 18.3. The molecule has 0 spiro atoms. The van der Waals surface area contributed by atoms with Gasteiger partial charge >= 0.3 is 7.60 Å². The van der Waals surface area contributed by atoms with Crippen molar-refractivity contribution in [2.24, 2.45) is 5.73 Å². The van der Waals surface area contributed by atoms with Crippen molar-refractivity contribution in [3.05, 3.63) is 64.2 Å². The lowest BCUT2D eigenvalue weighted by Gasteiger charge is -2.18. The number of methoxy groups -OCH3 is 1. The van der Waals surface area contributed by atoms with Crippen LogP contribution < -0.4 is 15.8 Å². The molecule has 8 nitrogen and oxygen atoms in total. The largest absolute Gasteiger partial charge is 0.495 e. The van der Waals surface area contributed by atoms with E-state index in [9.17, 15) is 14.2 Å². The molecule has 2 aromatic rings. The fourth-order valence-electron chi connectivity index (χ4n) is 3.04. The smallest absolute Gasteiger partial charge is 0.335 e. The highest BCUT2D eigenvalue weighted by Gasteiger charge is 2.24. The number of primary amides is 1. The van der Waals surface area contributed by atoms with Crippen molar-refractivity contribution in [2.45, 2.75) is 32.5 Å². The summed E-state index contributed by atoms with van der Waals surface area (Å²) in [6, 6.07) is 10.7. The van der Waals surface area contributed by atoms with Crippen molar-refractivity contribution in [2.75, 3.05) is 20.3 Å². The van der Waals surface area contributed by atoms with Crippen molar-refractivity contribution in [1.82, 2.24) is 5.32 Å². The molecule has 0 aromatic heterocycles. The Morgan fingerprint density at radius 3 is 2.16 bits per heavy atom. The molecule has 2 rings (SSSR count). The van der Waals surface area contributed by atoms with E-state index < -0.39 is 25.5 Å². The van der Waals surface area contributed by atoms with Gasteiger partial charge in [-0.2, -0.15) is 0 Å². The molecule has 0 aliphatic carbocycles. The van der Waals surface area contributed by atoms with E-state index in [2.05, 4.69) is 5.32 Å². The summed E-state index contributed by atoms with van der Waals surface area (Å²) in [7, 11) is -1.74. The molecule has 0 saturated carbocycles. The summed E-state index contributed by atoms with van der Waals surface area (Å²) in [5, 5.41) is 3.04. The number of carbonyl (C=O) groups excluding carboxylic acids is 2. The van der Waals surface area contributed by atoms with Crippen molar-refractivity contribution < 1.29 is 27.9 Å². The number of rotatable bonds is 12. The van der Waals surface area contributed by atoms with E-state index in [0.29, 0.717) is 21.9 Å². The van der Waals surface area contributed by atoms with Gasteiger partial charge in [0.1, 0.15) is 11.8 Å². The molecule has 1 atom stereocenters. The van der Waals surface area contributed by atoms with E-state index in [4.69, 9.17) is 31.1 Å². The van der Waals surface area contributed by atoms with E-state index in [-0.39, 0.29) is 25.8 Å². The normalized spacial score (nSPS) is 12.2. The van der Waals surface area contributed by atoms with Crippen LogP contribution in [0.4, 0.5) is 0 Å². The van der Waals surface area contributed by atoms with Gasteiger partial charge in [0.05, 0.1) is 31.5 Å². The Hall–Kier alpha value is -2.38. The van der Waals surface area contributed by atoms with Gasteiger partial charge in [-0.25, -0.2) is 0 Å². The predicted molar refractivity (Wildman–Crippen MR) is 123 cm³/mol. The lowest BCUT2D eigenvalue weighted by molar-refractivity contribution is -0.119. The van der Waals surface area contributed by atoms with Gasteiger partial charge in [-0.15, -0.1) is 0 Å². The Bertz CT molecular complexity index is 973. The number of carbonyl (C=O) groups is 2. The van der Waals surface area contributed by atoms with Gasteiger partial charge in [-0.05, 0) is 49.2 Å². The molecule has 0 heterocycles. The summed E-state index contributed by atoms with van der Waals surface area (Å²) < 4.78 is 28.4. The van der Waals surface area contributed by atoms with Gasteiger partial charge in [0, 0.05) is 12.0 Å². The van der Waals surface area contributed by atoms with Crippen molar-refractivity contribution >= 4 is 31.0 Å². The molecule has 0 radical (unpaired) electrons. The standard InChI is InChI=1S/C22H28ClN2O6P/c1-4-30-32(28,31-5-2)14-15-6-9-17(10-7-15)22(27)25-19(21(24)26)13-16-8-11-20(29-3)18(23)12-16/h6-12,19H,4-5,13-14H2,1-3H3,(H2,24,26)(H,25,27)/t19-/m1/s1. The van der Waals surface area contributed by atoms with Crippen molar-refractivity contribution in [1.29, 1.82) is 0 Å². The first-order chi connectivity index (χ1) is 15.2. The van der Waals surface area contributed by atoms with Crippen LogP contribution in [0.2, 0.25) is 5.02 Å². The molecule has 174 valence electrons. The second-order valence-electron chi connectivity index (χ2n) is 6.90. The fraction of sp³-hybridized carbons (Fsp3) is 0.364. The van der Waals surface area contributed by atoms with E-state index in [0.717, 1.165) is 5.56 Å². The number of nitrogens with two attached hydrogens (primary N) is 1. The molecule has 32 heavy (non-hydrogen) atoms. The Balaban J connectivity index is 2.08. The second-order valence-corrected chi connectivity index (χ2v) is 9.36. The van der Waals surface area contributed by atoms with E-state index in [1.54, 1.807) is 56.3 Å². The minimum atomic E-state index is -3.25. The predicted octanol–water partition coefficient (Wildman–Crippen LogP) is 3.94. The number of amides is 2. The summed E-state index contributed by atoms with van der Waals surface area (Å²) >= 11 is 6.13. The molecular weight excluding hydrogens is 455 g/mol. The first-order valence-corrected chi connectivity index (χ1v) is 12.2. The zero-order chi connectivity index (χ0) is 23.7. The topological polar surface area (TPSA) is 117 Å². The summed E-state index contributed by atoms with van der Waals surface area (Å²) in [5.41, 5.74) is 7.23. The maximum absolute atomic E-state index is 12.7. The number of benzene rings is 2. The molecule has 0 fully saturated rings. The summed E-state index contributed by atoms with van der Waals surface area (Å²) in [5.74, 6) is -0.623. The first kappa shape index (κ1) is 25.9. The maximum atomic E-state index is 12.7. The average molecular weight is 483 g/mol. The third kappa shape index (κ3) is 7.35. The third-order valence-electron chi connectivity index (χ3n) is 4.55. The van der Waals surface area contributed by atoms with Crippen LogP contribution in [0.3, 0.4) is 0 Å². The quantitative estimate of drug-likeness (QED) is 0.442. The van der Waals surface area contributed by atoms with Crippen LogP contribution in [0, 0.1) is 0 Å². The second kappa shape index (κ2) is 12.0. The lowest BCUT2D eigenvalue weighted by Crippen LogP contribution is -2.45. The van der Waals surface area contributed by atoms with Crippen LogP contribution in [0.15, 0.2) is 42.5 Å². The SMILES string of the molecule is CCOP(=O)(Cc1ccc(C(=O)N[C@H](Cc2ccc(OC)c(Cl)c2)C(N)=O)cc1)OCC. The van der Waals surface area contributed by atoms with Crippen LogP contribution in [-0.2, 0) is 31.0 Å². The van der Waals surface area contributed by atoms with E-state index in [1.165, 1.54) is 7.11 Å². The fourth-order valence-corrected chi connectivity index (χ4v) is 5.03. The highest BCUT2D eigenvalue weighted by molar-refractivity contribution is 7.53. The Labute approximate surface area is 192 Å². The van der Waals surface area contributed by atoms with E-state index >= 15 is 0 Å². The summed E-state index contributed by atoms with van der Waals surface area (Å²) in [6.45, 7) is 4.03.